The van der Waals surface area contributed by atoms with E-state index in [2.05, 4.69) is 10.6 Å². The molecule has 0 spiro atoms. The van der Waals surface area contributed by atoms with E-state index in [1.807, 2.05) is 6.92 Å². The molecule has 0 aromatic heterocycles. The number of nitrogens with one attached hydrogen (secondary N) is 2. The standard InChI is InChI=1S/C20H28FN3O2/c1-2-24(13-18(25)23-11-15-6-8-17(21)9-7-15)19(26)20-10-4-3-5-16(20)12-22-14-20/h6-9,16,22H,2-5,10-14H2,1H3,(H,23,25)/t16-,20+/m0/s1. The van der Waals surface area contributed by atoms with Crippen LogP contribution in [0.4, 0.5) is 4.39 Å². The Balaban J connectivity index is 1.58. The van der Waals surface area contributed by atoms with Crippen molar-refractivity contribution >= 4 is 11.8 Å². The first kappa shape index (κ1) is 18.8. The lowest BCUT2D eigenvalue weighted by atomic mass is 9.67. The second kappa shape index (κ2) is 8.16. The Morgan fingerprint density at radius 2 is 2.08 bits per heavy atom. The maximum Gasteiger partial charge on any atom is 0.239 e. The quantitative estimate of drug-likeness (QED) is 0.815. The highest BCUT2D eigenvalue weighted by Gasteiger charge is 2.51. The van der Waals surface area contributed by atoms with Gasteiger partial charge in [-0.3, -0.25) is 9.59 Å². The lowest BCUT2D eigenvalue weighted by Gasteiger charge is -2.40. The van der Waals surface area contributed by atoms with Gasteiger partial charge in [0.05, 0.1) is 12.0 Å². The van der Waals surface area contributed by atoms with Gasteiger partial charge in [-0.05, 0) is 49.9 Å². The van der Waals surface area contributed by atoms with E-state index in [1.54, 1.807) is 17.0 Å². The summed E-state index contributed by atoms with van der Waals surface area (Å²) in [5.74, 6) is 0.0280. The van der Waals surface area contributed by atoms with Gasteiger partial charge in [0, 0.05) is 19.6 Å². The lowest BCUT2D eigenvalue weighted by Crippen LogP contribution is -2.52. The molecule has 6 heteroatoms. The number of carbonyl (C=O) groups excluding carboxylic acids is 2. The molecule has 2 fully saturated rings. The number of hydrogen-bond donors (Lipinski definition) is 2. The van der Waals surface area contributed by atoms with E-state index in [0.29, 0.717) is 19.0 Å². The molecule has 2 N–H and O–H groups in total. The monoisotopic (exact) mass is 361 g/mol. The molecule has 1 aromatic rings. The van der Waals surface area contributed by atoms with Crippen LogP contribution in [0.1, 0.15) is 38.2 Å². The number of rotatable bonds is 6. The summed E-state index contributed by atoms with van der Waals surface area (Å²) in [6.45, 7) is 4.48. The van der Waals surface area contributed by atoms with Crippen molar-refractivity contribution in [2.24, 2.45) is 11.3 Å². The zero-order valence-corrected chi connectivity index (χ0v) is 15.4. The van der Waals surface area contributed by atoms with Crippen LogP contribution in [-0.2, 0) is 16.1 Å². The van der Waals surface area contributed by atoms with Crippen LogP contribution in [0.2, 0.25) is 0 Å². The van der Waals surface area contributed by atoms with E-state index < -0.39 is 0 Å². The molecule has 0 bridgehead atoms. The molecule has 142 valence electrons. The summed E-state index contributed by atoms with van der Waals surface area (Å²) >= 11 is 0. The summed E-state index contributed by atoms with van der Waals surface area (Å²) in [5.41, 5.74) is 0.506. The third kappa shape index (κ3) is 3.90. The molecule has 3 rings (SSSR count). The minimum absolute atomic E-state index is 0.0744. The van der Waals surface area contributed by atoms with Crippen molar-refractivity contribution in [1.82, 2.24) is 15.5 Å². The van der Waals surface area contributed by atoms with Gasteiger partial charge in [-0.25, -0.2) is 4.39 Å². The average molecular weight is 361 g/mol. The third-order valence-electron chi connectivity index (χ3n) is 5.87. The largest absolute Gasteiger partial charge is 0.350 e. The van der Waals surface area contributed by atoms with Gasteiger partial charge in [0.25, 0.3) is 0 Å². The van der Waals surface area contributed by atoms with Gasteiger partial charge in [0.2, 0.25) is 11.8 Å². The number of nitrogens with zero attached hydrogens (tertiary/aromatic N) is 1. The molecule has 1 saturated carbocycles. The highest BCUT2D eigenvalue weighted by molar-refractivity contribution is 5.88. The maximum atomic E-state index is 13.2. The molecule has 1 aromatic carbocycles. The second-order valence-electron chi connectivity index (χ2n) is 7.45. The van der Waals surface area contributed by atoms with Gasteiger partial charge >= 0.3 is 0 Å². The van der Waals surface area contributed by atoms with E-state index in [-0.39, 0.29) is 29.6 Å². The number of hydrogen-bond acceptors (Lipinski definition) is 3. The molecule has 2 atom stereocenters. The van der Waals surface area contributed by atoms with E-state index >= 15 is 0 Å². The van der Waals surface area contributed by atoms with E-state index in [4.69, 9.17) is 0 Å². The SMILES string of the molecule is CCN(CC(=O)NCc1ccc(F)cc1)C(=O)[C@@]12CCCC[C@H]1CNC2. The van der Waals surface area contributed by atoms with Crippen molar-refractivity contribution in [3.63, 3.8) is 0 Å². The van der Waals surface area contributed by atoms with Crippen LogP contribution in [0.25, 0.3) is 0 Å². The zero-order valence-electron chi connectivity index (χ0n) is 15.4. The number of amides is 2. The molecule has 0 radical (unpaired) electrons. The van der Waals surface area contributed by atoms with Crippen LogP contribution in [0, 0.1) is 17.2 Å². The molecule has 1 aliphatic heterocycles. The van der Waals surface area contributed by atoms with E-state index in [1.165, 1.54) is 18.6 Å². The van der Waals surface area contributed by atoms with Crippen LogP contribution < -0.4 is 10.6 Å². The van der Waals surface area contributed by atoms with Crippen LogP contribution >= 0.6 is 0 Å². The fourth-order valence-electron chi connectivity index (χ4n) is 4.34. The summed E-state index contributed by atoms with van der Waals surface area (Å²) in [6, 6.07) is 6.04. The van der Waals surface area contributed by atoms with Gasteiger partial charge in [-0.15, -0.1) is 0 Å². The first-order chi connectivity index (χ1) is 12.5. The normalized spacial score (nSPS) is 24.8. The highest BCUT2D eigenvalue weighted by atomic mass is 19.1. The summed E-state index contributed by atoms with van der Waals surface area (Å²) in [7, 11) is 0. The Hall–Kier alpha value is -1.95. The molecule has 1 saturated heterocycles. The fraction of sp³-hybridized carbons (Fsp3) is 0.600. The van der Waals surface area contributed by atoms with Crippen molar-refractivity contribution in [2.75, 3.05) is 26.2 Å². The first-order valence-electron chi connectivity index (χ1n) is 9.56. The molecule has 5 nitrogen and oxygen atoms in total. The molecule has 26 heavy (non-hydrogen) atoms. The summed E-state index contributed by atoms with van der Waals surface area (Å²) in [6.07, 6.45) is 4.27. The first-order valence-corrected chi connectivity index (χ1v) is 9.56. The zero-order chi connectivity index (χ0) is 18.6. The van der Waals surface area contributed by atoms with Crippen molar-refractivity contribution in [3.05, 3.63) is 35.6 Å². The maximum absolute atomic E-state index is 13.2. The molecule has 2 amide bonds. The van der Waals surface area contributed by atoms with Gasteiger partial charge in [-0.1, -0.05) is 25.0 Å². The Morgan fingerprint density at radius 1 is 1.31 bits per heavy atom. The minimum atomic E-state index is -0.328. The number of likely N-dealkylation sites (N-methyl/N-ethyl adjacent to an activating group) is 1. The molecule has 1 aliphatic carbocycles. The number of halogens is 1. The predicted molar refractivity (Wildman–Crippen MR) is 97.8 cm³/mol. The molecular formula is C20H28FN3O2. The van der Waals surface area contributed by atoms with E-state index in [9.17, 15) is 14.0 Å². The number of fused-ring (bicyclic) bond motifs is 1. The van der Waals surface area contributed by atoms with E-state index in [0.717, 1.165) is 37.9 Å². The van der Waals surface area contributed by atoms with Crippen molar-refractivity contribution in [2.45, 2.75) is 39.2 Å². The van der Waals surface area contributed by atoms with Gasteiger partial charge in [0.1, 0.15) is 5.82 Å². The topological polar surface area (TPSA) is 61.4 Å². The highest BCUT2D eigenvalue weighted by Crippen LogP contribution is 2.45. The Morgan fingerprint density at radius 3 is 2.81 bits per heavy atom. The van der Waals surface area contributed by atoms with Crippen LogP contribution in [-0.4, -0.2) is 42.9 Å². The summed E-state index contributed by atoms with van der Waals surface area (Å²) < 4.78 is 12.9. The smallest absolute Gasteiger partial charge is 0.239 e. The van der Waals surface area contributed by atoms with Gasteiger partial charge in [-0.2, -0.15) is 0 Å². The molecule has 2 aliphatic rings. The number of carbonyl (C=O) groups is 2. The van der Waals surface area contributed by atoms with Crippen molar-refractivity contribution in [3.8, 4) is 0 Å². The van der Waals surface area contributed by atoms with Gasteiger partial charge in [0.15, 0.2) is 0 Å². The average Bonchev–Trinajstić information content (AvgIpc) is 3.10. The number of benzene rings is 1. The Labute approximate surface area is 154 Å². The molecule has 0 unspecified atom stereocenters. The Kier molecular flexibility index (Phi) is 5.91. The lowest BCUT2D eigenvalue weighted by molar-refractivity contribution is -0.147. The second-order valence-corrected chi connectivity index (χ2v) is 7.45. The Bertz CT molecular complexity index is 649. The van der Waals surface area contributed by atoms with Crippen LogP contribution in [0.3, 0.4) is 0 Å². The summed E-state index contributed by atoms with van der Waals surface area (Å²) in [5, 5.41) is 6.22. The summed E-state index contributed by atoms with van der Waals surface area (Å²) in [4.78, 5) is 27.3. The third-order valence-corrected chi connectivity index (χ3v) is 5.87. The van der Waals surface area contributed by atoms with Crippen molar-refractivity contribution < 1.29 is 14.0 Å². The molecular weight excluding hydrogens is 333 g/mol. The predicted octanol–water partition coefficient (Wildman–Crippen LogP) is 2.07. The van der Waals surface area contributed by atoms with Gasteiger partial charge < -0.3 is 15.5 Å². The van der Waals surface area contributed by atoms with Crippen molar-refractivity contribution in [1.29, 1.82) is 0 Å². The van der Waals surface area contributed by atoms with Crippen LogP contribution in [0.5, 0.6) is 0 Å². The van der Waals surface area contributed by atoms with Crippen LogP contribution in [0.15, 0.2) is 24.3 Å². The molecule has 1 heterocycles. The fourth-order valence-corrected chi connectivity index (χ4v) is 4.34. The minimum Gasteiger partial charge on any atom is -0.350 e.